The van der Waals surface area contributed by atoms with E-state index in [1.165, 1.54) is 7.11 Å². The predicted molar refractivity (Wildman–Crippen MR) is 149 cm³/mol. The molecule has 2 aromatic rings. The molecule has 5 rings (SSSR count). The quantitative estimate of drug-likeness (QED) is 0.472. The smallest absolute Gasteiger partial charge is 0.410 e. The minimum atomic E-state index is -0.741. The van der Waals surface area contributed by atoms with Gasteiger partial charge in [-0.3, -0.25) is 4.79 Å². The van der Waals surface area contributed by atoms with E-state index in [4.69, 9.17) is 18.9 Å². The van der Waals surface area contributed by atoms with Gasteiger partial charge in [-0.25, -0.2) is 9.59 Å². The van der Waals surface area contributed by atoms with E-state index >= 15 is 0 Å². The van der Waals surface area contributed by atoms with Crippen LogP contribution in [0, 0.1) is 0 Å². The monoisotopic (exact) mass is 552 g/mol. The number of benzene rings is 2. The predicted octanol–water partition coefficient (Wildman–Crippen LogP) is 5.22. The van der Waals surface area contributed by atoms with Gasteiger partial charge < -0.3 is 28.7 Å². The molecule has 2 amide bonds. The molecule has 1 unspecified atom stereocenters. The van der Waals surface area contributed by atoms with Crippen LogP contribution in [0.25, 0.3) is 0 Å². The van der Waals surface area contributed by atoms with Gasteiger partial charge in [-0.05, 0) is 56.9 Å². The van der Waals surface area contributed by atoms with Crippen molar-refractivity contribution in [2.24, 2.45) is 0 Å². The van der Waals surface area contributed by atoms with E-state index in [1.807, 2.05) is 58.9 Å². The standard InChI is InChI=1S/C29H34N2O7.C2H6/c1-28(2,3)38-27(34)30-13-11-29(12-14-30)22-8-6-5-7-21(22)24(37-29)25(32)31-15-16-36-23-17-19(26(33)35-4)9-10-20(23)18-31;1-2/h5-10,17,24H,11-16,18H2,1-4H3;1-2H3. The number of likely N-dealkylation sites (tertiary alicyclic amines) is 1. The minimum absolute atomic E-state index is 0.127. The van der Waals surface area contributed by atoms with Crippen LogP contribution in [0.3, 0.4) is 0 Å². The number of methoxy groups -OCH3 is 1. The fourth-order valence-corrected chi connectivity index (χ4v) is 5.41. The first-order valence-corrected chi connectivity index (χ1v) is 14.0. The highest BCUT2D eigenvalue weighted by Gasteiger charge is 2.50. The maximum atomic E-state index is 13.9. The Morgan fingerprint density at radius 1 is 0.975 bits per heavy atom. The van der Waals surface area contributed by atoms with Crippen LogP contribution in [0.4, 0.5) is 4.79 Å². The first-order valence-electron chi connectivity index (χ1n) is 14.0. The van der Waals surface area contributed by atoms with Gasteiger partial charge in [-0.2, -0.15) is 0 Å². The molecule has 1 fully saturated rings. The lowest BCUT2D eigenvalue weighted by atomic mass is 9.83. The molecule has 40 heavy (non-hydrogen) atoms. The summed E-state index contributed by atoms with van der Waals surface area (Å²) in [4.78, 5) is 41.9. The Hall–Kier alpha value is -3.59. The number of hydrogen-bond acceptors (Lipinski definition) is 7. The Kier molecular flexibility index (Phi) is 8.73. The largest absolute Gasteiger partial charge is 0.491 e. The van der Waals surface area contributed by atoms with Gasteiger partial charge in [0.05, 0.1) is 24.8 Å². The Morgan fingerprint density at radius 2 is 1.68 bits per heavy atom. The molecule has 0 bridgehead atoms. The van der Waals surface area contributed by atoms with Gasteiger partial charge in [-0.1, -0.05) is 44.2 Å². The number of esters is 1. The van der Waals surface area contributed by atoms with Crippen LogP contribution in [-0.2, 0) is 31.2 Å². The first kappa shape index (κ1) is 29.4. The zero-order valence-corrected chi connectivity index (χ0v) is 24.3. The summed E-state index contributed by atoms with van der Waals surface area (Å²) < 4.78 is 22.9. The van der Waals surface area contributed by atoms with Crippen molar-refractivity contribution >= 4 is 18.0 Å². The molecule has 0 saturated carbocycles. The van der Waals surface area contributed by atoms with Crippen LogP contribution in [0.5, 0.6) is 5.75 Å². The fourth-order valence-electron chi connectivity index (χ4n) is 5.41. The Morgan fingerprint density at radius 3 is 2.35 bits per heavy atom. The number of amides is 2. The summed E-state index contributed by atoms with van der Waals surface area (Å²) in [6.07, 6.45) is 0.0879. The number of fused-ring (bicyclic) bond motifs is 3. The van der Waals surface area contributed by atoms with Gasteiger partial charge in [0.25, 0.3) is 5.91 Å². The molecule has 0 aromatic heterocycles. The Balaban J connectivity index is 0.00000181. The van der Waals surface area contributed by atoms with Gasteiger partial charge >= 0.3 is 12.1 Å². The zero-order chi connectivity index (χ0) is 29.1. The maximum Gasteiger partial charge on any atom is 0.410 e. The Labute approximate surface area is 236 Å². The highest BCUT2D eigenvalue weighted by molar-refractivity contribution is 5.90. The number of piperidine rings is 1. The van der Waals surface area contributed by atoms with Crippen molar-refractivity contribution in [3.63, 3.8) is 0 Å². The molecule has 2 aromatic carbocycles. The molecule has 0 aliphatic carbocycles. The van der Waals surface area contributed by atoms with Gasteiger partial charge in [0.1, 0.15) is 18.0 Å². The lowest BCUT2D eigenvalue weighted by molar-refractivity contribution is -0.161. The average molecular weight is 553 g/mol. The van der Waals surface area contributed by atoms with E-state index in [-0.39, 0.29) is 12.0 Å². The normalized spacial score (nSPS) is 19.3. The number of carbonyl (C=O) groups is 3. The number of nitrogens with zero attached hydrogens (tertiary/aromatic N) is 2. The van der Waals surface area contributed by atoms with Crippen LogP contribution < -0.4 is 4.74 Å². The summed E-state index contributed by atoms with van der Waals surface area (Å²) in [5.74, 6) is 0.00636. The molecule has 3 aliphatic heterocycles. The molecule has 1 spiro atoms. The Bertz CT molecular complexity index is 1240. The van der Waals surface area contributed by atoms with Crippen molar-refractivity contribution < 1.29 is 33.3 Å². The molecule has 3 heterocycles. The van der Waals surface area contributed by atoms with Crippen molar-refractivity contribution in [2.75, 3.05) is 33.4 Å². The second kappa shape index (κ2) is 11.9. The topological polar surface area (TPSA) is 94.6 Å². The maximum absolute atomic E-state index is 13.9. The molecular weight excluding hydrogens is 512 g/mol. The highest BCUT2D eigenvalue weighted by Crippen LogP contribution is 2.50. The number of ether oxygens (including phenoxy) is 4. The second-order valence-corrected chi connectivity index (χ2v) is 11.0. The van der Waals surface area contributed by atoms with Crippen LogP contribution in [0.1, 0.15) is 80.6 Å². The fraction of sp³-hybridized carbons (Fsp3) is 0.516. The molecule has 1 saturated heterocycles. The summed E-state index contributed by atoms with van der Waals surface area (Å²) in [6, 6.07) is 13.0. The summed E-state index contributed by atoms with van der Waals surface area (Å²) >= 11 is 0. The van der Waals surface area contributed by atoms with Crippen LogP contribution in [0.2, 0.25) is 0 Å². The third-order valence-electron chi connectivity index (χ3n) is 7.30. The molecular formula is C31H40N2O7. The van der Waals surface area contributed by atoms with Crippen molar-refractivity contribution in [2.45, 2.75) is 71.3 Å². The third-order valence-corrected chi connectivity index (χ3v) is 7.30. The zero-order valence-electron chi connectivity index (χ0n) is 24.3. The summed E-state index contributed by atoms with van der Waals surface area (Å²) in [6.45, 7) is 11.6. The number of hydrogen-bond donors (Lipinski definition) is 0. The average Bonchev–Trinajstić information content (AvgIpc) is 3.10. The van der Waals surface area contributed by atoms with Gasteiger partial charge in [0.2, 0.25) is 0 Å². The van der Waals surface area contributed by atoms with E-state index in [0.717, 1.165) is 16.7 Å². The van der Waals surface area contributed by atoms with Crippen LogP contribution in [0.15, 0.2) is 42.5 Å². The van der Waals surface area contributed by atoms with Crippen molar-refractivity contribution in [1.82, 2.24) is 9.80 Å². The van der Waals surface area contributed by atoms with E-state index in [0.29, 0.717) is 56.9 Å². The molecule has 1 atom stereocenters. The third kappa shape index (κ3) is 5.94. The van der Waals surface area contributed by atoms with E-state index < -0.39 is 23.3 Å². The number of carbonyl (C=O) groups excluding carboxylic acids is 3. The van der Waals surface area contributed by atoms with Crippen molar-refractivity contribution in [1.29, 1.82) is 0 Å². The first-order chi connectivity index (χ1) is 19.1. The van der Waals surface area contributed by atoms with Gasteiger partial charge in [-0.15, -0.1) is 0 Å². The molecule has 3 aliphatic rings. The molecule has 216 valence electrons. The van der Waals surface area contributed by atoms with Gasteiger partial charge in [0.15, 0.2) is 6.10 Å². The van der Waals surface area contributed by atoms with Crippen LogP contribution >= 0.6 is 0 Å². The number of rotatable bonds is 2. The lowest BCUT2D eigenvalue weighted by Gasteiger charge is -2.40. The lowest BCUT2D eigenvalue weighted by Crippen LogP contribution is -2.47. The molecule has 0 N–H and O–H groups in total. The van der Waals surface area contributed by atoms with Gasteiger partial charge in [0, 0.05) is 25.2 Å². The second-order valence-electron chi connectivity index (χ2n) is 11.0. The molecule has 9 nitrogen and oxygen atoms in total. The summed E-state index contributed by atoms with van der Waals surface area (Å²) in [5.41, 5.74) is 1.90. The molecule has 0 radical (unpaired) electrons. The van der Waals surface area contributed by atoms with Crippen molar-refractivity contribution in [3.05, 3.63) is 64.7 Å². The van der Waals surface area contributed by atoms with E-state index in [1.54, 1.807) is 28.0 Å². The highest BCUT2D eigenvalue weighted by atomic mass is 16.6. The van der Waals surface area contributed by atoms with Crippen molar-refractivity contribution in [3.8, 4) is 5.75 Å². The van der Waals surface area contributed by atoms with E-state index in [9.17, 15) is 14.4 Å². The minimum Gasteiger partial charge on any atom is -0.491 e. The summed E-state index contributed by atoms with van der Waals surface area (Å²) in [7, 11) is 1.34. The summed E-state index contributed by atoms with van der Waals surface area (Å²) in [5, 5.41) is 0. The SMILES string of the molecule is CC.COC(=O)c1ccc2c(c1)OCCN(C(=O)C1OC3(CCN(C(=O)OC(C)(C)C)CC3)c3ccccc31)C2. The van der Waals surface area contributed by atoms with E-state index in [2.05, 4.69) is 0 Å². The molecule has 9 heteroatoms. The van der Waals surface area contributed by atoms with Crippen LogP contribution in [-0.4, -0.2) is 66.7 Å².